The summed E-state index contributed by atoms with van der Waals surface area (Å²) in [5, 5.41) is 12.3. The van der Waals surface area contributed by atoms with Gasteiger partial charge in [-0.3, -0.25) is 0 Å². The smallest absolute Gasteiger partial charge is 0.407 e. The van der Waals surface area contributed by atoms with Crippen LogP contribution in [0.3, 0.4) is 0 Å². The number of alkyl carbamates (subject to hydrolysis) is 1. The van der Waals surface area contributed by atoms with Crippen molar-refractivity contribution in [2.75, 3.05) is 0 Å². The van der Waals surface area contributed by atoms with Crippen molar-refractivity contribution in [3.63, 3.8) is 0 Å². The van der Waals surface area contributed by atoms with E-state index in [1.54, 1.807) is 32.9 Å². The zero-order chi connectivity index (χ0) is 28.4. The largest absolute Gasteiger partial charge is 0.444 e. The summed E-state index contributed by atoms with van der Waals surface area (Å²) in [6.07, 6.45) is 2.82. The Balaban J connectivity index is 1.47. The Kier molecular flexibility index (Phi) is 8.38. The van der Waals surface area contributed by atoms with Crippen molar-refractivity contribution in [2.24, 2.45) is 0 Å². The molecule has 1 saturated heterocycles. The Morgan fingerprint density at radius 1 is 1.13 bits per heavy atom. The molecule has 1 heterocycles. The molecule has 9 heteroatoms. The van der Waals surface area contributed by atoms with Gasteiger partial charge in [-0.15, -0.1) is 0 Å². The predicted molar refractivity (Wildman–Crippen MR) is 148 cm³/mol. The first-order valence-electron chi connectivity index (χ1n) is 13.6. The second-order valence-corrected chi connectivity index (χ2v) is 13.9. The lowest BCUT2D eigenvalue weighted by Crippen LogP contribution is -2.45. The monoisotopic (exact) mass is 555 g/mol. The Labute approximate surface area is 231 Å². The molecule has 2 aromatic carbocycles. The van der Waals surface area contributed by atoms with Gasteiger partial charge in [-0.05, 0) is 83.4 Å². The molecule has 0 aromatic heterocycles. The van der Waals surface area contributed by atoms with E-state index in [0.717, 1.165) is 5.56 Å². The second kappa shape index (κ2) is 11.3. The van der Waals surface area contributed by atoms with Crippen LogP contribution in [0.5, 0.6) is 0 Å². The van der Waals surface area contributed by atoms with Gasteiger partial charge >= 0.3 is 6.09 Å². The van der Waals surface area contributed by atoms with E-state index < -0.39 is 38.2 Å². The minimum absolute atomic E-state index is 0.0552. The molecule has 1 saturated carbocycles. The molecule has 2 aliphatic rings. The normalized spacial score (nSPS) is 27.3. The number of halogens is 1. The highest BCUT2D eigenvalue weighted by molar-refractivity contribution is 7.89. The molecule has 2 fully saturated rings. The van der Waals surface area contributed by atoms with E-state index in [-0.39, 0.29) is 24.2 Å². The van der Waals surface area contributed by atoms with E-state index >= 15 is 4.39 Å². The highest BCUT2D eigenvalue weighted by atomic mass is 32.2. The molecule has 1 amide bonds. The fourth-order valence-corrected chi connectivity index (χ4v) is 7.88. The molecule has 4 rings (SSSR count). The van der Waals surface area contributed by atoms with Crippen molar-refractivity contribution >= 4 is 16.1 Å². The van der Waals surface area contributed by atoms with E-state index in [2.05, 4.69) is 11.4 Å². The Morgan fingerprint density at radius 3 is 2.38 bits per heavy atom. The van der Waals surface area contributed by atoms with E-state index in [4.69, 9.17) is 4.74 Å². The van der Waals surface area contributed by atoms with Gasteiger partial charge in [0.1, 0.15) is 16.7 Å². The van der Waals surface area contributed by atoms with E-state index in [1.165, 1.54) is 10.4 Å². The zero-order valence-electron chi connectivity index (χ0n) is 23.1. The van der Waals surface area contributed by atoms with Gasteiger partial charge in [0.05, 0.1) is 11.5 Å². The third-order valence-electron chi connectivity index (χ3n) is 7.90. The maximum absolute atomic E-state index is 15.5. The first kappa shape index (κ1) is 29.0. The Bertz CT molecular complexity index is 1330. The van der Waals surface area contributed by atoms with Gasteiger partial charge in [0.2, 0.25) is 10.0 Å². The number of carbonyl (C=O) groups is 1. The van der Waals surface area contributed by atoms with Gasteiger partial charge in [0, 0.05) is 24.2 Å². The molecule has 0 spiro atoms. The lowest BCUT2D eigenvalue weighted by molar-refractivity contribution is 0.0487. The van der Waals surface area contributed by atoms with Gasteiger partial charge in [0.25, 0.3) is 0 Å². The van der Waals surface area contributed by atoms with E-state index in [9.17, 15) is 18.5 Å². The number of amides is 1. The predicted octanol–water partition coefficient (Wildman–Crippen LogP) is 6.11. The summed E-state index contributed by atoms with van der Waals surface area (Å²) in [5.41, 5.74) is 0.157. The van der Waals surface area contributed by atoms with E-state index in [1.807, 2.05) is 37.3 Å². The molecule has 0 unspecified atom stereocenters. The fourth-order valence-electron chi connectivity index (χ4n) is 5.69. The van der Waals surface area contributed by atoms with Crippen LogP contribution in [0.1, 0.15) is 88.2 Å². The second-order valence-electron chi connectivity index (χ2n) is 11.8. The van der Waals surface area contributed by atoms with Crippen LogP contribution in [0.15, 0.2) is 48.5 Å². The maximum Gasteiger partial charge on any atom is 0.407 e. The summed E-state index contributed by atoms with van der Waals surface area (Å²) >= 11 is 0. The summed E-state index contributed by atoms with van der Waals surface area (Å²) in [5.74, 6) is -0.514. The standard InChI is InChI=1S/C30H38FN3O4S/c1-21-10-13-27(22-8-6-5-7-9-22)39(36,37)34(21)19-23-11-12-24(18-26(23)31)30(20-32)16-14-25(15-17-30)33-28(35)38-29(2,3)4/h5-9,11-12,18,21,25,27H,10,13-17,19H2,1-4H3,(H,33,35)/t21-,25-,27+,30-/m0/s1. The molecule has 2 aromatic rings. The molecule has 1 aliphatic carbocycles. The van der Waals surface area contributed by atoms with Crippen molar-refractivity contribution in [3.8, 4) is 6.07 Å². The minimum atomic E-state index is -3.69. The number of rotatable bonds is 5. The number of sulfonamides is 1. The lowest BCUT2D eigenvalue weighted by Gasteiger charge is -2.38. The molecule has 1 N–H and O–H groups in total. The number of hydrogen-bond acceptors (Lipinski definition) is 5. The highest BCUT2D eigenvalue weighted by Gasteiger charge is 2.41. The van der Waals surface area contributed by atoms with Crippen molar-refractivity contribution in [2.45, 2.75) is 101 Å². The third-order valence-corrected chi connectivity index (χ3v) is 10.3. The van der Waals surface area contributed by atoms with Gasteiger partial charge in [-0.1, -0.05) is 42.5 Å². The third kappa shape index (κ3) is 6.44. The van der Waals surface area contributed by atoms with Gasteiger partial charge in [-0.2, -0.15) is 9.57 Å². The average Bonchev–Trinajstić information content (AvgIpc) is 2.87. The van der Waals surface area contributed by atoms with Crippen molar-refractivity contribution in [3.05, 3.63) is 71.0 Å². The van der Waals surface area contributed by atoms with E-state index in [0.29, 0.717) is 44.1 Å². The van der Waals surface area contributed by atoms with Crippen LogP contribution in [-0.4, -0.2) is 36.5 Å². The lowest BCUT2D eigenvalue weighted by atomic mass is 9.69. The molecule has 2 atom stereocenters. The topological polar surface area (TPSA) is 99.5 Å². The molecule has 7 nitrogen and oxygen atoms in total. The molecule has 39 heavy (non-hydrogen) atoms. The zero-order valence-corrected chi connectivity index (χ0v) is 23.9. The highest BCUT2D eigenvalue weighted by Crippen LogP contribution is 2.41. The van der Waals surface area contributed by atoms with Gasteiger partial charge < -0.3 is 10.1 Å². The van der Waals surface area contributed by atoms with Crippen LogP contribution in [-0.2, 0) is 26.7 Å². The summed E-state index contributed by atoms with van der Waals surface area (Å²) in [4.78, 5) is 12.1. The van der Waals surface area contributed by atoms with Crippen molar-refractivity contribution in [1.29, 1.82) is 5.26 Å². The van der Waals surface area contributed by atoms with Crippen LogP contribution in [0.2, 0.25) is 0 Å². The SMILES string of the molecule is C[C@H]1CC[C@H](c2ccccc2)S(=O)(=O)N1Cc1ccc([C@]2(C#N)CC[C@@H](NC(=O)OC(C)(C)C)CC2)cc1F. The molecule has 1 aliphatic heterocycles. The number of nitrogens with one attached hydrogen (secondary N) is 1. The van der Waals surface area contributed by atoms with Crippen LogP contribution in [0, 0.1) is 17.1 Å². The number of hydrogen-bond donors (Lipinski definition) is 1. The Hall–Kier alpha value is -2.96. The van der Waals surface area contributed by atoms with Gasteiger partial charge in [-0.25, -0.2) is 17.6 Å². The maximum atomic E-state index is 15.5. The molecule has 0 radical (unpaired) electrons. The number of ether oxygens (including phenoxy) is 1. The van der Waals surface area contributed by atoms with Crippen molar-refractivity contribution < 1.29 is 22.3 Å². The first-order chi connectivity index (χ1) is 18.3. The number of benzene rings is 2. The Morgan fingerprint density at radius 2 is 1.79 bits per heavy atom. The van der Waals surface area contributed by atoms with Gasteiger partial charge in [0.15, 0.2) is 0 Å². The van der Waals surface area contributed by atoms with Crippen LogP contribution < -0.4 is 5.32 Å². The van der Waals surface area contributed by atoms with Crippen LogP contribution in [0.4, 0.5) is 9.18 Å². The summed E-state index contributed by atoms with van der Waals surface area (Å²) in [7, 11) is -3.69. The molecular weight excluding hydrogens is 517 g/mol. The average molecular weight is 556 g/mol. The fraction of sp³-hybridized carbons (Fsp3) is 0.533. The number of carbonyl (C=O) groups excluding carboxylic acids is 1. The quantitative estimate of drug-likeness (QED) is 0.480. The summed E-state index contributed by atoms with van der Waals surface area (Å²) in [6.45, 7) is 7.21. The molecule has 210 valence electrons. The van der Waals surface area contributed by atoms with Crippen LogP contribution in [0.25, 0.3) is 0 Å². The minimum Gasteiger partial charge on any atom is -0.444 e. The number of nitriles is 1. The summed E-state index contributed by atoms with van der Waals surface area (Å²) in [6, 6.07) is 16.0. The first-order valence-corrected chi connectivity index (χ1v) is 15.1. The van der Waals surface area contributed by atoms with Crippen LogP contribution >= 0.6 is 0 Å². The number of nitrogens with zero attached hydrogens (tertiary/aromatic N) is 2. The summed E-state index contributed by atoms with van der Waals surface area (Å²) < 4.78 is 49.3. The van der Waals surface area contributed by atoms with Crippen molar-refractivity contribution in [1.82, 2.24) is 9.62 Å². The molecular formula is C30H38FN3O4S. The molecule has 0 bridgehead atoms.